The van der Waals surface area contributed by atoms with Crippen molar-refractivity contribution in [2.24, 2.45) is 0 Å². The zero-order valence-electron chi connectivity index (χ0n) is 10.3. The van der Waals surface area contributed by atoms with E-state index >= 15 is 0 Å². The number of anilines is 1. The van der Waals surface area contributed by atoms with Crippen LogP contribution in [0.25, 0.3) is 0 Å². The Kier molecular flexibility index (Phi) is 4.26. The minimum atomic E-state index is -0.527. The van der Waals surface area contributed by atoms with Crippen LogP contribution in [-0.4, -0.2) is 17.0 Å². The summed E-state index contributed by atoms with van der Waals surface area (Å²) in [6.45, 7) is 0. The highest BCUT2D eigenvalue weighted by molar-refractivity contribution is 6.34. The molecule has 0 aliphatic rings. The zero-order chi connectivity index (χ0) is 14.7. The lowest BCUT2D eigenvalue weighted by molar-refractivity contribution is -0.384. The average molecular weight is 314 g/mol. The average Bonchev–Trinajstić information content (AvgIpc) is 2.36. The molecule has 104 valence electrons. The zero-order valence-corrected chi connectivity index (χ0v) is 11.8. The second-order valence-electron chi connectivity index (χ2n) is 3.76. The molecule has 0 radical (unpaired) electrons. The molecule has 1 aromatic carbocycles. The molecule has 0 aliphatic heterocycles. The van der Waals surface area contributed by atoms with Gasteiger partial charge in [0.2, 0.25) is 5.88 Å². The maximum Gasteiger partial charge on any atom is 0.278 e. The van der Waals surface area contributed by atoms with Crippen molar-refractivity contribution in [1.29, 1.82) is 0 Å². The van der Waals surface area contributed by atoms with Gasteiger partial charge < -0.3 is 10.1 Å². The first kappa shape index (κ1) is 14.4. The summed E-state index contributed by atoms with van der Waals surface area (Å²) in [7, 11) is 1.60. The summed E-state index contributed by atoms with van der Waals surface area (Å²) < 4.78 is 5.45. The van der Waals surface area contributed by atoms with Crippen LogP contribution < -0.4 is 10.1 Å². The Morgan fingerprint density at radius 3 is 2.40 bits per heavy atom. The van der Waals surface area contributed by atoms with E-state index in [1.807, 2.05) is 0 Å². The minimum Gasteiger partial charge on any atom is -0.439 e. The van der Waals surface area contributed by atoms with Crippen LogP contribution in [0.3, 0.4) is 0 Å². The molecule has 0 aliphatic carbocycles. The number of ether oxygens (including phenoxy) is 1. The molecule has 0 atom stereocenters. The van der Waals surface area contributed by atoms with Gasteiger partial charge in [-0.3, -0.25) is 10.1 Å². The van der Waals surface area contributed by atoms with Crippen LogP contribution >= 0.6 is 23.2 Å². The number of rotatable bonds is 4. The van der Waals surface area contributed by atoms with Crippen LogP contribution in [0.5, 0.6) is 11.6 Å². The number of pyridine rings is 1. The summed E-state index contributed by atoms with van der Waals surface area (Å²) in [6.07, 6.45) is 0. The molecule has 1 aromatic heterocycles. The Labute approximate surface area is 124 Å². The number of hydrogen-bond acceptors (Lipinski definition) is 5. The number of aromatic nitrogens is 1. The lowest BCUT2D eigenvalue weighted by Gasteiger charge is -2.07. The van der Waals surface area contributed by atoms with Gasteiger partial charge in [-0.2, -0.15) is 4.98 Å². The van der Waals surface area contributed by atoms with Gasteiger partial charge in [-0.05, 0) is 18.2 Å². The van der Waals surface area contributed by atoms with Crippen molar-refractivity contribution in [2.45, 2.75) is 0 Å². The van der Waals surface area contributed by atoms with Gasteiger partial charge in [0.25, 0.3) is 5.69 Å². The van der Waals surface area contributed by atoms with Crippen molar-refractivity contribution in [3.8, 4) is 11.6 Å². The van der Waals surface area contributed by atoms with E-state index in [0.717, 1.165) is 0 Å². The third-order valence-electron chi connectivity index (χ3n) is 2.31. The Balaban J connectivity index is 2.37. The molecular weight excluding hydrogens is 305 g/mol. The highest BCUT2D eigenvalue weighted by atomic mass is 35.5. The van der Waals surface area contributed by atoms with Gasteiger partial charge in [-0.15, -0.1) is 0 Å². The molecule has 0 fully saturated rings. The summed E-state index contributed by atoms with van der Waals surface area (Å²) in [5, 5.41) is 14.3. The molecular formula is C12H9Cl2N3O3. The van der Waals surface area contributed by atoms with Crippen LogP contribution in [0.1, 0.15) is 0 Å². The number of nitro groups is 1. The molecule has 1 N–H and O–H groups in total. The van der Waals surface area contributed by atoms with Gasteiger partial charge in [0.15, 0.2) is 0 Å². The third-order valence-corrected chi connectivity index (χ3v) is 2.75. The highest BCUT2D eigenvalue weighted by Gasteiger charge is 2.12. The number of benzene rings is 1. The molecule has 0 spiro atoms. The predicted octanol–water partition coefficient (Wildman–Crippen LogP) is 4.13. The van der Waals surface area contributed by atoms with Crippen molar-refractivity contribution in [2.75, 3.05) is 12.4 Å². The van der Waals surface area contributed by atoms with Crippen molar-refractivity contribution in [1.82, 2.24) is 4.98 Å². The van der Waals surface area contributed by atoms with E-state index in [4.69, 9.17) is 27.9 Å². The fourth-order valence-corrected chi connectivity index (χ4v) is 1.99. The number of nitrogens with one attached hydrogen (secondary N) is 1. The van der Waals surface area contributed by atoms with Crippen molar-refractivity contribution < 1.29 is 9.66 Å². The van der Waals surface area contributed by atoms with E-state index in [9.17, 15) is 10.1 Å². The van der Waals surface area contributed by atoms with Crippen LogP contribution in [0.2, 0.25) is 10.0 Å². The molecule has 0 bridgehead atoms. The number of nitrogens with zero attached hydrogens (tertiary/aromatic N) is 2. The predicted molar refractivity (Wildman–Crippen MR) is 77.0 cm³/mol. The Hall–Kier alpha value is -2.05. The highest BCUT2D eigenvalue weighted by Crippen LogP contribution is 2.30. The SMILES string of the molecule is CNc1cc([N+](=O)[O-])cc(Oc2cc(Cl)cc(Cl)c2)n1. The van der Waals surface area contributed by atoms with E-state index in [1.54, 1.807) is 13.1 Å². The van der Waals surface area contributed by atoms with Crippen LogP contribution in [0.15, 0.2) is 30.3 Å². The molecule has 0 saturated carbocycles. The molecule has 8 heteroatoms. The van der Waals surface area contributed by atoms with Crippen LogP contribution in [0, 0.1) is 10.1 Å². The first-order chi connectivity index (χ1) is 9.47. The Morgan fingerprint density at radius 2 is 1.85 bits per heavy atom. The first-order valence-corrected chi connectivity index (χ1v) is 6.21. The van der Waals surface area contributed by atoms with Gasteiger partial charge in [-0.1, -0.05) is 23.2 Å². The molecule has 2 aromatic rings. The molecule has 2 rings (SSSR count). The normalized spacial score (nSPS) is 10.2. The fourth-order valence-electron chi connectivity index (χ4n) is 1.49. The van der Waals surface area contributed by atoms with Crippen molar-refractivity contribution in [3.05, 3.63) is 50.5 Å². The number of halogens is 2. The Morgan fingerprint density at radius 1 is 1.20 bits per heavy atom. The Bertz CT molecular complexity index is 644. The van der Waals surface area contributed by atoms with Crippen LogP contribution in [0.4, 0.5) is 11.5 Å². The molecule has 1 heterocycles. The van der Waals surface area contributed by atoms with E-state index in [1.165, 1.54) is 24.3 Å². The van der Waals surface area contributed by atoms with E-state index < -0.39 is 4.92 Å². The standard InChI is InChI=1S/C12H9Cl2N3O3/c1-15-11-5-9(17(18)19)6-12(16-11)20-10-3-7(13)2-8(14)4-10/h2-6H,1H3,(H,15,16). The monoisotopic (exact) mass is 313 g/mol. The topological polar surface area (TPSA) is 77.3 Å². The number of hydrogen-bond donors (Lipinski definition) is 1. The molecule has 0 amide bonds. The first-order valence-electron chi connectivity index (χ1n) is 5.46. The fraction of sp³-hybridized carbons (Fsp3) is 0.0833. The third kappa shape index (κ3) is 3.49. The van der Waals surface area contributed by atoms with Gasteiger partial charge in [0.05, 0.1) is 17.1 Å². The summed E-state index contributed by atoms with van der Waals surface area (Å²) in [5.74, 6) is 0.738. The van der Waals surface area contributed by atoms with Gasteiger partial charge in [-0.25, -0.2) is 0 Å². The molecule has 20 heavy (non-hydrogen) atoms. The van der Waals surface area contributed by atoms with Gasteiger partial charge in [0, 0.05) is 17.1 Å². The lowest BCUT2D eigenvalue weighted by Crippen LogP contribution is -1.98. The molecule has 0 saturated heterocycles. The summed E-state index contributed by atoms with van der Waals surface area (Å²) >= 11 is 11.7. The van der Waals surface area contributed by atoms with Gasteiger partial charge in [0.1, 0.15) is 11.6 Å². The molecule has 0 unspecified atom stereocenters. The minimum absolute atomic E-state index is 0.0712. The van der Waals surface area contributed by atoms with E-state index in [0.29, 0.717) is 21.6 Å². The second-order valence-corrected chi connectivity index (χ2v) is 4.64. The van der Waals surface area contributed by atoms with Gasteiger partial charge >= 0.3 is 0 Å². The van der Waals surface area contributed by atoms with Crippen LogP contribution in [-0.2, 0) is 0 Å². The summed E-state index contributed by atoms with van der Waals surface area (Å²) in [5.41, 5.74) is -0.132. The quantitative estimate of drug-likeness (QED) is 0.678. The van der Waals surface area contributed by atoms with E-state index in [-0.39, 0.29) is 11.6 Å². The summed E-state index contributed by atoms with van der Waals surface area (Å²) in [4.78, 5) is 14.4. The smallest absolute Gasteiger partial charge is 0.278 e. The molecule has 6 nitrogen and oxygen atoms in total. The van der Waals surface area contributed by atoms with Crippen molar-refractivity contribution >= 4 is 34.7 Å². The lowest BCUT2D eigenvalue weighted by atomic mass is 10.3. The van der Waals surface area contributed by atoms with E-state index in [2.05, 4.69) is 10.3 Å². The maximum absolute atomic E-state index is 10.8. The second kappa shape index (κ2) is 5.94. The maximum atomic E-state index is 10.8. The van der Waals surface area contributed by atoms with Crippen molar-refractivity contribution in [3.63, 3.8) is 0 Å². The largest absolute Gasteiger partial charge is 0.439 e. The summed E-state index contributed by atoms with van der Waals surface area (Å²) in [6, 6.07) is 7.14.